The molecule has 50 valence electrons. The van der Waals surface area contributed by atoms with Gasteiger partial charge in [0.2, 0.25) is 0 Å². The van der Waals surface area contributed by atoms with Gasteiger partial charge in [0.05, 0.1) is 5.44 Å². The molecule has 0 saturated carbocycles. The first kappa shape index (κ1) is 10.9. The summed E-state index contributed by atoms with van der Waals surface area (Å²) in [5.74, 6) is 0.167. The smallest absolute Gasteiger partial charge is 0.126 e. The number of ketones is 1. The highest BCUT2D eigenvalue weighted by Gasteiger charge is 1.70. The summed E-state index contributed by atoms with van der Waals surface area (Å²) in [6.45, 7) is 4.64. The Labute approximate surface area is 55.3 Å². The van der Waals surface area contributed by atoms with Crippen LogP contribution in [0.4, 0.5) is 0 Å². The highest BCUT2D eigenvalue weighted by atomic mass is 32.1. The van der Waals surface area contributed by atoms with Crippen LogP contribution in [0.3, 0.4) is 0 Å². The Hall–Kier alpha value is -0.0200. The third-order valence-electron chi connectivity index (χ3n) is 0. The molecule has 1 N–H and O–H groups in total. The molecule has 0 bridgehead atoms. The number of carbonyl (C=O) groups is 1. The van der Waals surface area contributed by atoms with Gasteiger partial charge in [-0.1, -0.05) is 0 Å². The molecule has 0 aliphatic carbocycles. The second-order valence-electron chi connectivity index (χ2n) is 1.54. The summed E-state index contributed by atoms with van der Waals surface area (Å²) in [5.41, 5.74) is -0.472. The third kappa shape index (κ3) is 371000. The molecule has 0 saturated heterocycles. The van der Waals surface area contributed by atoms with Crippen LogP contribution in [0, 0.1) is 0 Å². The van der Waals surface area contributed by atoms with Crippen LogP contribution >= 0.6 is 12.6 Å². The second kappa shape index (κ2) is 6.98. The number of hydrogen-bond acceptors (Lipinski definition) is 3. The van der Waals surface area contributed by atoms with Crippen LogP contribution in [0.5, 0.6) is 0 Å². The van der Waals surface area contributed by atoms with Gasteiger partial charge in [0.1, 0.15) is 5.78 Å². The average Bonchev–Trinajstić information content (AvgIpc) is 1.25. The minimum atomic E-state index is -0.472. The fourth-order valence-corrected chi connectivity index (χ4v) is 0. The van der Waals surface area contributed by atoms with Crippen molar-refractivity contribution < 1.29 is 9.90 Å². The molecule has 1 atom stereocenters. The standard InChI is InChI=1S/C3H6O.C2H6OS/c1-3(2)4;1-2(3)4/h1-2H3;2-4H,1H3. The van der Waals surface area contributed by atoms with Gasteiger partial charge in [0.25, 0.3) is 0 Å². The van der Waals surface area contributed by atoms with Gasteiger partial charge in [-0.3, -0.25) is 0 Å². The van der Waals surface area contributed by atoms with Crippen molar-refractivity contribution in [2.75, 3.05) is 0 Å². The van der Waals surface area contributed by atoms with Crippen LogP contribution in [-0.2, 0) is 4.79 Å². The molecule has 0 amide bonds. The van der Waals surface area contributed by atoms with Gasteiger partial charge in [-0.05, 0) is 20.8 Å². The summed E-state index contributed by atoms with van der Waals surface area (Å²) < 4.78 is 0. The maximum atomic E-state index is 9.44. The van der Waals surface area contributed by atoms with E-state index in [2.05, 4.69) is 12.6 Å². The predicted octanol–water partition coefficient (Wildman–Crippen LogP) is 0.850. The first-order valence-corrected chi connectivity index (χ1v) is 2.81. The molecule has 0 aromatic carbocycles. The van der Waals surface area contributed by atoms with Crippen LogP contribution in [0.25, 0.3) is 0 Å². The molecule has 0 aliphatic heterocycles. The van der Waals surface area contributed by atoms with E-state index in [1.807, 2.05) is 0 Å². The number of aliphatic hydroxyl groups is 1. The Morgan fingerprint density at radius 3 is 1.62 bits per heavy atom. The first-order valence-electron chi connectivity index (χ1n) is 2.30. The van der Waals surface area contributed by atoms with E-state index in [1.165, 1.54) is 13.8 Å². The first-order chi connectivity index (χ1) is 3.46. The van der Waals surface area contributed by atoms with E-state index in [0.717, 1.165) is 0 Å². The predicted molar refractivity (Wildman–Crippen MR) is 37.0 cm³/mol. The van der Waals surface area contributed by atoms with Crippen LogP contribution < -0.4 is 0 Å². The van der Waals surface area contributed by atoms with Gasteiger partial charge in [-0.15, -0.1) is 12.6 Å². The molecule has 0 rings (SSSR count). The lowest BCUT2D eigenvalue weighted by Gasteiger charge is -1.79. The van der Waals surface area contributed by atoms with Gasteiger partial charge in [0.15, 0.2) is 0 Å². The summed E-state index contributed by atoms with van der Waals surface area (Å²) in [6.07, 6.45) is 0. The molecule has 0 spiro atoms. The Morgan fingerprint density at radius 2 is 1.62 bits per heavy atom. The zero-order valence-corrected chi connectivity index (χ0v) is 6.27. The molecular weight excluding hydrogens is 124 g/mol. The molecule has 0 aromatic heterocycles. The fraction of sp³-hybridized carbons (Fsp3) is 0.800. The maximum absolute atomic E-state index is 9.44. The van der Waals surface area contributed by atoms with Crippen molar-refractivity contribution in [3.8, 4) is 0 Å². The summed E-state index contributed by atoms with van der Waals surface area (Å²) in [4.78, 5) is 9.44. The topological polar surface area (TPSA) is 37.3 Å². The summed E-state index contributed by atoms with van der Waals surface area (Å²) in [6, 6.07) is 0. The number of aliphatic hydroxyl groups excluding tert-OH is 1. The van der Waals surface area contributed by atoms with Crippen molar-refractivity contribution in [3.05, 3.63) is 0 Å². The monoisotopic (exact) mass is 136 g/mol. The molecule has 3 heteroatoms. The summed E-state index contributed by atoms with van der Waals surface area (Å²) in [5, 5.41) is 7.92. The minimum Gasteiger partial charge on any atom is -0.383 e. The molecule has 0 aliphatic rings. The van der Waals surface area contributed by atoms with E-state index in [4.69, 9.17) is 5.11 Å². The van der Waals surface area contributed by atoms with E-state index in [9.17, 15) is 4.79 Å². The van der Waals surface area contributed by atoms with Gasteiger partial charge in [0, 0.05) is 0 Å². The van der Waals surface area contributed by atoms with Gasteiger partial charge < -0.3 is 9.90 Å². The van der Waals surface area contributed by atoms with Gasteiger partial charge in [-0.2, -0.15) is 0 Å². The number of rotatable bonds is 0. The minimum absolute atomic E-state index is 0.167. The van der Waals surface area contributed by atoms with E-state index in [-0.39, 0.29) is 5.78 Å². The van der Waals surface area contributed by atoms with E-state index in [1.54, 1.807) is 6.92 Å². The largest absolute Gasteiger partial charge is 0.383 e. The highest BCUT2D eigenvalue weighted by Crippen LogP contribution is 1.78. The van der Waals surface area contributed by atoms with E-state index in [0.29, 0.717) is 0 Å². The van der Waals surface area contributed by atoms with Crippen molar-refractivity contribution in [2.24, 2.45) is 0 Å². The number of Topliss-reactive ketones (excluding diaryl/α,β-unsaturated/α-hetero) is 1. The fourth-order valence-electron chi connectivity index (χ4n) is 0. The lowest BCUT2D eigenvalue weighted by atomic mass is 10.6. The quantitative estimate of drug-likeness (QED) is 0.382. The van der Waals surface area contributed by atoms with Crippen LogP contribution in [0.1, 0.15) is 20.8 Å². The van der Waals surface area contributed by atoms with Gasteiger partial charge >= 0.3 is 0 Å². The van der Waals surface area contributed by atoms with Crippen LogP contribution in [0.2, 0.25) is 0 Å². The molecule has 1 unspecified atom stereocenters. The molecule has 0 aromatic rings. The van der Waals surface area contributed by atoms with Gasteiger partial charge in [-0.25, -0.2) is 0 Å². The third-order valence-corrected chi connectivity index (χ3v) is 0. The molecule has 2 nitrogen and oxygen atoms in total. The summed E-state index contributed by atoms with van der Waals surface area (Å²) >= 11 is 3.52. The molecule has 0 heterocycles. The normalized spacial score (nSPS) is 11.1. The van der Waals surface area contributed by atoms with E-state index >= 15 is 0 Å². The van der Waals surface area contributed by atoms with Crippen LogP contribution in [0.15, 0.2) is 0 Å². The average molecular weight is 136 g/mol. The molecule has 8 heavy (non-hydrogen) atoms. The number of carbonyl (C=O) groups excluding carboxylic acids is 1. The maximum Gasteiger partial charge on any atom is 0.126 e. The van der Waals surface area contributed by atoms with Crippen molar-refractivity contribution >= 4 is 18.4 Å². The Morgan fingerprint density at radius 1 is 1.62 bits per heavy atom. The molecular formula is C5H12O2S. The zero-order chi connectivity index (χ0) is 7.15. The van der Waals surface area contributed by atoms with E-state index < -0.39 is 5.44 Å². The lowest BCUT2D eigenvalue weighted by molar-refractivity contribution is -0.114. The lowest BCUT2D eigenvalue weighted by Crippen LogP contribution is -1.79. The highest BCUT2D eigenvalue weighted by molar-refractivity contribution is 7.80. The van der Waals surface area contributed by atoms with Crippen molar-refractivity contribution in [2.45, 2.75) is 26.2 Å². The van der Waals surface area contributed by atoms with Crippen molar-refractivity contribution in [1.82, 2.24) is 0 Å². The Kier molecular flexibility index (Phi) is 9.49. The Bertz CT molecular complexity index is 54.7. The zero-order valence-electron chi connectivity index (χ0n) is 5.38. The second-order valence-corrected chi connectivity index (χ2v) is 2.29. The van der Waals surface area contributed by atoms with Crippen LogP contribution in [-0.4, -0.2) is 16.3 Å². The summed E-state index contributed by atoms with van der Waals surface area (Å²) in [7, 11) is 0. The molecule has 0 radical (unpaired) electrons. The van der Waals surface area contributed by atoms with Crippen molar-refractivity contribution in [1.29, 1.82) is 0 Å². The number of thiol groups is 1. The SMILES string of the molecule is CC(C)=O.CC(O)S. The van der Waals surface area contributed by atoms with Crippen molar-refractivity contribution in [3.63, 3.8) is 0 Å². The molecule has 0 fully saturated rings. The Balaban J connectivity index is 0. The number of hydrogen-bond donors (Lipinski definition) is 2.